The van der Waals surface area contributed by atoms with Crippen molar-refractivity contribution in [2.45, 2.75) is 32.7 Å². The SMILES string of the molecule is CCCOc1cc(OC)ccc1CNC(=O)CCC(=O)O. The fraction of sp³-hybridized carbons (Fsp3) is 0.467. The Morgan fingerprint density at radius 3 is 2.67 bits per heavy atom. The van der Waals surface area contributed by atoms with Gasteiger partial charge in [0.15, 0.2) is 0 Å². The molecule has 0 fully saturated rings. The standard InChI is InChI=1S/C15H21NO5/c1-3-8-21-13-9-12(20-2)5-4-11(13)10-16-14(17)6-7-15(18)19/h4-5,9H,3,6-8,10H2,1-2H3,(H,16,17)(H,18,19). The number of carboxylic acid groups (broad SMARTS) is 1. The van der Waals surface area contributed by atoms with E-state index in [0.717, 1.165) is 12.0 Å². The molecule has 0 unspecified atom stereocenters. The topological polar surface area (TPSA) is 84.9 Å². The summed E-state index contributed by atoms with van der Waals surface area (Å²) >= 11 is 0. The number of nitrogens with one attached hydrogen (secondary N) is 1. The number of hydrogen-bond acceptors (Lipinski definition) is 4. The van der Waals surface area contributed by atoms with Crippen LogP contribution in [0.4, 0.5) is 0 Å². The van der Waals surface area contributed by atoms with Crippen molar-refractivity contribution in [1.29, 1.82) is 0 Å². The number of ether oxygens (including phenoxy) is 2. The number of methoxy groups -OCH3 is 1. The summed E-state index contributed by atoms with van der Waals surface area (Å²) in [5.41, 5.74) is 0.827. The van der Waals surface area contributed by atoms with E-state index in [1.54, 1.807) is 19.2 Å². The lowest BCUT2D eigenvalue weighted by molar-refractivity contribution is -0.138. The molecule has 0 bridgehead atoms. The van der Waals surface area contributed by atoms with Crippen molar-refractivity contribution in [2.24, 2.45) is 0 Å². The van der Waals surface area contributed by atoms with Crippen molar-refractivity contribution in [3.05, 3.63) is 23.8 Å². The van der Waals surface area contributed by atoms with Gasteiger partial charge in [-0.25, -0.2) is 0 Å². The van der Waals surface area contributed by atoms with Crippen LogP contribution >= 0.6 is 0 Å². The summed E-state index contributed by atoms with van der Waals surface area (Å²) in [6.45, 7) is 2.88. The Labute approximate surface area is 124 Å². The predicted molar refractivity (Wildman–Crippen MR) is 77.5 cm³/mol. The van der Waals surface area contributed by atoms with Gasteiger partial charge in [0.05, 0.1) is 20.1 Å². The molecule has 1 aromatic carbocycles. The zero-order chi connectivity index (χ0) is 15.7. The fourth-order valence-corrected chi connectivity index (χ4v) is 1.66. The van der Waals surface area contributed by atoms with Gasteiger partial charge in [0.1, 0.15) is 11.5 Å². The van der Waals surface area contributed by atoms with Gasteiger partial charge in [-0.1, -0.05) is 6.92 Å². The summed E-state index contributed by atoms with van der Waals surface area (Å²) in [6, 6.07) is 5.38. The van der Waals surface area contributed by atoms with Crippen LogP contribution in [0.15, 0.2) is 18.2 Å². The van der Waals surface area contributed by atoms with E-state index in [0.29, 0.717) is 24.7 Å². The van der Waals surface area contributed by atoms with Gasteiger partial charge in [0.25, 0.3) is 0 Å². The minimum Gasteiger partial charge on any atom is -0.497 e. The highest BCUT2D eigenvalue weighted by Crippen LogP contribution is 2.25. The van der Waals surface area contributed by atoms with Crippen LogP contribution in [0.25, 0.3) is 0 Å². The van der Waals surface area contributed by atoms with Crippen molar-refractivity contribution in [1.82, 2.24) is 5.32 Å². The van der Waals surface area contributed by atoms with Crippen molar-refractivity contribution < 1.29 is 24.2 Å². The van der Waals surface area contributed by atoms with E-state index in [1.165, 1.54) is 0 Å². The molecular formula is C15H21NO5. The Morgan fingerprint density at radius 2 is 2.05 bits per heavy atom. The molecule has 6 nitrogen and oxygen atoms in total. The third kappa shape index (κ3) is 6.16. The van der Waals surface area contributed by atoms with Gasteiger partial charge < -0.3 is 19.9 Å². The lowest BCUT2D eigenvalue weighted by atomic mass is 10.2. The van der Waals surface area contributed by atoms with Crippen molar-refractivity contribution in [3.63, 3.8) is 0 Å². The monoisotopic (exact) mass is 295 g/mol. The Hall–Kier alpha value is -2.24. The third-order valence-corrected chi connectivity index (χ3v) is 2.78. The fourth-order valence-electron chi connectivity index (χ4n) is 1.66. The minimum absolute atomic E-state index is 0.0311. The van der Waals surface area contributed by atoms with E-state index in [2.05, 4.69) is 5.32 Å². The first-order valence-electron chi connectivity index (χ1n) is 6.85. The Bertz CT molecular complexity index is 487. The van der Waals surface area contributed by atoms with Crippen LogP contribution in [-0.2, 0) is 16.1 Å². The molecule has 0 aliphatic rings. The molecule has 6 heteroatoms. The summed E-state index contributed by atoms with van der Waals surface area (Å²) < 4.78 is 10.8. The number of benzene rings is 1. The van der Waals surface area contributed by atoms with E-state index in [1.807, 2.05) is 13.0 Å². The lowest BCUT2D eigenvalue weighted by Crippen LogP contribution is -2.23. The average molecular weight is 295 g/mol. The van der Waals surface area contributed by atoms with Crippen molar-refractivity contribution in [3.8, 4) is 11.5 Å². The van der Waals surface area contributed by atoms with E-state index >= 15 is 0 Å². The molecule has 2 N–H and O–H groups in total. The van der Waals surface area contributed by atoms with E-state index in [9.17, 15) is 9.59 Å². The summed E-state index contributed by atoms with van der Waals surface area (Å²) in [7, 11) is 1.58. The third-order valence-electron chi connectivity index (χ3n) is 2.78. The van der Waals surface area contributed by atoms with Crippen LogP contribution in [0.1, 0.15) is 31.7 Å². The molecule has 0 saturated heterocycles. The summed E-state index contributed by atoms with van der Waals surface area (Å²) in [5, 5.41) is 11.2. The van der Waals surface area contributed by atoms with Crippen LogP contribution in [0.5, 0.6) is 11.5 Å². The smallest absolute Gasteiger partial charge is 0.303 e. The van der Waals surface area contributed by atoms with Crippen molar-refractivity contribution in [2.75, 3.05) is 13.7 Å². The number of hydrogen-bond donors (Lipinski definition) is 2. The Morgan fingerprint density at radius 1 is 1.29 bits per heavy atom. The molecule has 0 aliphatic heterocycles. The molecule has 0 atom stereocenters. The van der Waals surface area contributed by atoms with Crippen LogP contribution in [0, 0.1) is 0 Å². The number of aliphatic carboxylic acids is 1. The summed E-state index contributed by atoms with van der Waals surface area (Å²) in [4.78, 5) is 21.9. The minimum atomic E-state index is -0.985. The van der Waals surface area contributed by atoms with Gasteiger partial charge in [-0.3, -0.25) is 9.59 Å². The normalized spacial score (nSPS) is 10.0. The Balaban J connectivity index is 2.63. The van der Waals surface area contributed by atoms with E-state index < -0.39 is 5.97 Å². The highest BCUT2D eigenvalue weighted by molar-refractivity contribution is 5.80. The van der Waals surface area contributed by atoms with Gasteiger partial charge in [0.2, 0.25) is 5.91 Å². The number of rotatable bonds is 9. The first-order valence-corrected chi connectivity index (χ1v) is 6.85. The number of carbonyl (C=O) groups is 2. The highest BCUT2D eigenvalue weighted by Gasteiger charge is 2.09. The number of carboxylic acids is 1. The predicted octanol–water partition coefficient (Wildman–Crippen LogP) is 1.97. The summed E-state index contributed by atoms with van der Waals surface area (Å²) in [5.74, 6) is 0.0630. The molecule has 0 saturated carbocycles. The van der Waals surface area contributed by atoms with Crippen LogP contribution < -0.4 is 14.8 Å². The lowest BCUT2D eigenvalue weighted by Gasteiger charge is -2.13. The first-order chi connectivity index (χ1) is 10.1. The maximum Gasteiger partial charge on any atom is 0.303 e. The molecule has 1 rings (SSSR count). The van der Waals surface area contributed by atoms with Gasteiger partial charge >= 0.3 is 5.97 Å². The van der Waals surface area contributed by atoms with Crippen LogP contribution in [0.2, 0.25) is 0 Å². The quantitative estimate of drug-likeness (QED) is 0.727. The van der Waals surface area contributed by atoms with Crippen LogP contribution in [0.3, 0.4) is 0 Å². The Kier molecular flexibility index (Phi) is 7.08. The summed E-state index contributed by atoms with van der Waals surface area (Å²) in [6.07, 6.45) is 0.673. The maximum atomic E-state index is 11.5. The molecule has 0 aliphatic carbocycles. The second-order valence-corrected chi connectivity index (χ2v) is 4.49. The molecular weight excluding hydrogens is 274 g/mol. The second kappa shape index (κ2) is 8.84. The molecule has 0 heterocycles. The molecule has 1 aromatic rings. The van der Waals surface area contributed by atoms with E-state index in [4.69, 9.17) is 14.6 Å². The molecule has 0 aromatic heterocycles. The molecule has 0 radical (unpaired) electrons. The zero-order valence-corrected chi connectivity index (χ0v) is 12.3. The van der Waals surface area contributed by atoms with Crippen LogP contribution in [-0.4, -0.2) is 30.7 Å². The number of amides is 1. The second-order valence-electron chi connectivity index (χ2n) is 4.49. The first kappa shape index (κ1) is 16.8. The molecule has 116 valence electrons. The van der Waals surface area contributed by atoms with Gasteiger partial charge in [-0.15, -0.1) is 0 Å². The van der Waals surface area contributed by atoms with Gasteiger partial charge in [-0.2, -0.15) is 0 Å². The molecule has 0 spiro atoms. The van der Waals surface area contributed by atoms with Gasteiger partial charge in [-0.05, 0) is 18.6 Å². The zero-order valence-electron chi connectivity index (χ0n) is 12.3. The molecule has 1 amide bonds. The van der Waals surface area contributed by atoms with Gasteiger partial charge in [0, 0.05) is 24.6 Å². The largest absolute Gasteiger partial charge is 0.497 e. The van der Waals surface area contributed by atoms with Crippen molar-refractivity contribution >= 4 is 11.9 Å². The average Bonchev–Trinajstić information content (AvgIpc) is 2.49. The number of carbonyl (C=O) groups excluding carboxylic acids is 1. The highest BCUT2D eigenvalue weighted by atomic mass is 16.5. The molecule has 21 heavy (non-hydrogen) atoms. The maximum absolute atomic E-state index is 11.5. The van der Waals surface area contributed by atoms with E-state index in [-0.39, 0.29) is 18.7 Å².